The average molecular weight is 590 g/mol. The number of carbonyl (C=O) groups excluding carboxylic acids is 1. The zero-order valence-electron chi connectivity index (χ0n) is 21.8. The third-order valence-corrected chi connectivity index (χ3v) is 6.99. The lowest BCUT2D eigenvalue weighted by atomic mass is 9.89. The largest absolute Gasteiger partial charge is 0.384 e. The van der Waals surface area contributed by atoms with Gasteiger partial charge in [-0.3, -0.25) is 15.6 Å². The lowest BCUT2D eigenvalue weighted by Gasteiger charge is -2.33. The summed E-state index contributed by atoms with van der Waals surface area (Å²) in [7, 11) is 0. The molecule has 39 heavy (non-hydrogen) atoms. The number of amides is 1. The zero-order valence-corrected chi connectivity index (χ0v) is 24.2. The highest BCUT2D eigenvalue weighted by Crippen LogP contribution is 2.29. The van der Waals surface area contributed by atoms with Crippen LogP contribution in [0.1, 0.15) is 42.4 Å². The number of carbonyl (C=O) groups is 1. The van der Waals surface area contributed by atoms with Crippen LogP contribution in [0.25, 0.3) is 0 Å². The first kappa shape index (κ1) is 32.0. The molecule has 1 aliphatic heterocycles. The van der Waals surface area contributed by atoms with Gasteiger partial charge < -0.3 is 20.9 Å². The quantitative estimate of drug-likeness (QED) is 0.183. The molecule has 10 heteroatoms. The summed E-state index contributed by atoms with van der Waals surface area (Å²) >= 11 is 6.19. The molecular weight excluding hydrogens is 555 g/mol. The van der Waals surface area contributed by atoms with Crippen LogP contribution >= 0.6 is 36.4 Å². The van der Waals surface area contributed by atoms with Gasteiger partial charge in [0.25, 0.3) is 0 Å². The number of nitrogens with one attached hydrogen (secondary N) is 3. The van der Waals surface area contributed by atoms with E-state index in [4.69, 9.17) is 28.2 Å². The highest BCUT2D eigenvalue weighted by molar-refractivity contribution is 6.30. The summed E-state index contributed by atoms with van der Waals surface area (Å²) < 4.78 is 0. The van der Waals surface area contributed by atoms with Crippen molar-refractivity contribution in [1.29, 1.82) is 10.8 Å². The monoisotopic (exact) mass is 588 g/mol. The van der Waals surface area contributed by atoms with Crippen molar-refractivity contribution in [2.45, 2.75) is 32.2 Å². The highest BCUT2D eigenvalue weighted by atomic mass is 35.5. The standard InChI is InChI=1S/C29H33ClN6O.2ClH/c1-20(31)35-14-12-23(13-15-35)22-8-10-26(11-9-22)34-28(37)19-36(18-21-4-2-6-25(30)16-21)27-7-3-5-24(17-27)29(32)33;;/h2-11,16-17,23,31H,12-15,18-19H2,1H3,(H3,32,33)(H,34,37);2*1H. The van der Waals surface area contributed by atoms with Gasteiger partial charge in [0.1, 0.15) is 5.84 Å². The van der Waals surface area contributed by atoms with Gasteiger partial charge in [-0.05, 0) is 73.2 Å². The molecule has 0 radical (unpaired) electrons. The molecule has 5 N–H and O–H groups in total. The van der Waals surface area contributed by atoms with Gasteiger partial charge in [0, 0.05) is 41.6 Å². The Hall–Kier alpha value is -3.26. The fraction of sp³-hybridized carbons (Fsp3) is 0.276. The Balaban J connectivity index is 0.00000267. The average Bonchev–Trinajstić information content (AvgIpc) is 2.89. The van der Waals surface area contributed by atoms with Gasteiger partial charge >= 0.3 is 0 Å². The van der Waals surface area contributed by atoms with Crippen LogP contribution in [0.15, 0.2) is 72.8 Å². The summed E-state index contributed by atoms with van der Waals surface area (Å²) in [6, 6.07) is 23.0. The Morgan fingerprint density at radius 1 is 1.03 bits per heavy atom. The molecule has 0 atom stereocenters. The van der Waals surface area contributed by atoms with Gasteiger partial charge in [0.2, 0.25) is 5.91 Å². The number of nitrogen functional groups attached to an aromatic ring is 1. The number of anilines is 2. The van der Waals surface area contributed by atoms with E-state index in [0.717, 1.165) is 42.9 Å². The smallest absolute Gasteiger partial charge is 0.243 e. The summed E-state index contributed by atoms with van der Waals surface area (Å²) in [5.41, 5.74) is 10.1. The van der Waals surface area contributed by atoms with Crippen LogP contribution in [-0.4, -0.2) is 42.1 Å². The molecule has 4 rings (SSSR count). The molecule has 1 heterocycles. The van der Waals surface area contributed by atoms with Crippen molar-refractivity contribution >= 4 is 65.4 Å². The number of piperidine rings is 1. The predicted octanol–water partition coefficient (Wildman–Crippen LogP) is 6.29. The van der Waals surface area contributed by atoms with E-state index in [-0.39, 0.29) is 43.1 Å². The lowest BCUT2D eigenvalue weighted by molar-refractivity contribution is -0.115. The van der Waals surface area contributed by atoms with Crippen LogP contribution in [0.3, 0.4) is 0 Å². The number of likely N-dealkylation sites (tertiary alicyclic amines) is 1. The van der Waals surface area contributed by atoms with Crippen LogP contribution in [0.5, 0.6) is 0 Å². The van der Waals surface area contributed by atoms with Gasteiger partial charge in [0.05, 0.1) is 12.4 Å². The number of nitrogens with two attached hydrogens (primary N) is 1. The molecule has 208 valence electrons. The fourth-order valence-corrected chi connectivity index (χ4v) is 4.94. The summed E-state index contributed by atoms with van der Waals surface area (Å²) in [6.45, 7) is 4.25. The Kier molecular flexibility index (Phi) is 12.1. The molecule has 0 unspecified atom stereocenters. The number of benzene rings is 3. The van der Waals surface area contributed by atoms with E-state index in [1.165, 1.54) is 5.56 Å². The van der Waals surface area contributed by atoms with Crippen molar-refractivity contribution in [1.82, 2.24) is 4.90 Å². The minimum atomic E-state index is -0.141. The van der Waals surface area contributed by atoms with Crippen molar-refractivity contribution in [3.63, 3.8) is 0 Å². The number of halogens is 3. The maximum Gasteiger partial charge on any atom is 0.243 e. The third-order valence-electron chi connectivity index (χ3n) is 6.75. The second kappa shape index (κ2) is 14.8. The number of hydrogen-bond acceptors (Lipinski definition) is 4. The van der Waals surface area contributed by atoms with Crippen LogP contribution < -0.4 is 16.0 Å². The number of hydrogen-bond donors (Lipinski definition) is 4. The molecule has 0 spiro atoms. The summed E-state index contributed by atoms with van der Waals surface area (Å²) in [6.07, 6.45) is 2.05. The third kappa shape index (κ3) is 8.88. The highest BCUT2D eigenvalue weighted by Gasteiger charge is 2.21. The molecule has 0 saturated carbocycles. The molecule has 3 aromatic carbocycles. The minimum absolute atomic E-state index is 0. The van der Waals surface area contributed by atoms with Gasteiger partial charge in [-0.25, -0.2) is 0 Å². The Bertz CT molecular complexity index is 1280. The van der Waals surface area contributed by atoms with Crippen molar-refractivity contribution < 1.29 is 4.79 Å². The van der Waals surface area contributed by atoms with E-state index < -0.39 is 0 Å². The minimum Gasteiger partial charge on any atom is -0.384 e. The molecule has 1 aliphatic rings. The van der Waals surface area contributed by atoms with Crippen molar-refractivity contribution in [3.8, 4) is 0 Å². The van der Waals surface area contributed by atoms with Crippen LogP contribution in [0, 0.1) is 10.8 Å². The summed E-state index contributed by atoms with van der Waals surface area (Å²) in [4.78, 5) is 17.2. The van der Waals surface area contributed by atoms with Crippen LogP contribution in [-0.2, 0) is 11.3 Å². The van der Waals surface area contributed by atoms with E-state index >= 15 is 0 Å². The number of nitrogens with zero attached hydrogens (tertiary/aromatic N) is 2. The predicted molar refractivity (Wildman–Crippen MR) is 166 cm³/mol. The van der Waals surface area contributed by atoms with Gasteiger partial charge in [0.15, 0.2) is 0 Å². The Morgan fingerprint density at radius 3 is 2.31 bits per heavy atom. The summed E-state index contributed by atoms with van der Waals surface area (Å²) in [5, 5.41) is 19.3. The van der Waals surface area contributed by atoms with Gasteiger partial charge in [-0.15, -0.1) is 24.8 Å². The lowest BCUT2D eigenvalue weighted by Crippen LogP contribution is -2.36. The van der Waals surface area contributed by atoms with Crippen molar-refractivity contribution in [3.05, 3.63) is 94.5 Å². The van der Waals surface area contributed by atoms with E-state index in [1.54, 1.807) is 6.07 Å². The second-order valence-electron chi connectivity index (χ2n) is 9.47. The Labute approximate surface area is 247 Å². The molecular formula is C29H35Cl3N6O. The maximum absolute atomic E-state index is 13.1. The number of rotatable bonds is 8. The second-order valence-corrected chi connectivity index (χ2v) is 9.90. The SMILES string of the molecule is CC(=N)N1CCC(c2ccc(NC(=O)CN(Cc3cccc(Cl)c3)c3cccc(C(=N)N)c3)cc2)CC1.Cl.Cl. The number of amidine groups is 2. The zero-order chi connectivity index (χ0) is 26.4. The topological polar surface area (TPSA) is 109 Å². The molecule has 1 fully saturated rings. The van der Waals surface area contributed by atoms with Crippen molar-refractivity contribution in [2.24, 2.45) is 5.73 Å². The van der Waals surface area contributed by atoms with Crippen molar-refractivity contribution in [2.75, 3.05) is 29.9 Å². The first-order valence-electron chi connectivity index (χ1n) is 12.4. The van der Waals surface area contributed by atoms with E-state index in [0.29, 0.717) is 28.9 Å². The molecule has 0 aromatic heterocycles. The molecule has 1 saturated heterocycles. The Morgan fingerprint density at radius 2 is 1.69 bits per heavy atom. The van der Waals surface area contributed by atoms with E-state index in [2.05, 4.69) is 22.3 Å². The van der Waals surface area contributed by atoms with Crippen LogP contribution in [0.4, 0.5) is 11.4 Å². The molecule has 0 aliphatic carbocycles. The fourth-order valence-electron chi connectivity index (χ4n) is 4.73. The van der Waals surface area contributed by atoms with Gasteiger partial charge in [-0.1, -0.05) is 48.0 Å². The summed E-state index contributed by atoms with van der Waals surface area (Å²) in [5.74, 6) is 0.946. The first-order valence-corrected chi connectivity index (χ1v) is 12.8. The molecule has 0 bridgehead atoms. The normalized spacial score (nSPS) is 13.0. The van der Waals surface area contributed by atoms with Gasteiger partial charge in [-0.2, -0.15) is 0 Å². The maximum atomic E-state index is 13.1. The molecule has 7 nitrogen and oxygen atoms in total. The van der Waals surface area contributed by atoms with E-state index in [9.17, 15) is 4.79 Å². The van der Waals surface area contributed by atoms with Crippen LogP contribution in [0.2, 0.25) is 5.02 Å². The molecule has 3 aromatic rings. The van der Waals surface area contributed by atoms with E-state index in [1.807, 2.05) is 66.4 Å². The molecule has 1 amide bonds. The first-order chi connectivity index (χ1) is 17.8.